The number of likely N-dealkylation sites (tertiary alicyclic amines) is 1. The lowest BCUT2D eigenvalue weighted by molar-refractivity contribution is 0.0571. The molecule has 2 heterocycles. The van der Waals surface area contributed by atoms with Crippen molar-refractivity contribution >= 4 is 11.6 Å². The third-order valence-electron chi connectivity index (χ3n) is 3.29. The highest BCUT2D eigenvalue weighted by Gasteiger charge is 2.25. The maximum Gasteiger partial charge on any atom is 0.257 e. The van der Waals surface area contributed by atoms with E-state index in [1.54, 1.807) is 19.4 Å². The van der Waals surface area contributed by atoms with E-state index < -0.39 is 0 Å². The van der Waals surface area contributed by atoms with Crippen molar-refractivity contribution in [2.75, 3.05) is 32.5 Å². The van der Waals surface area contributed by atoms with E-state index in [-0.39, 0.29) is 5.91 Å². The molecule has 0 spiro atoms. The van der Waals surface area contributed by atoms with Crippen LogP contribution in [0.4, 0.5) is 5.69 Å². The molecule has 0 bridgehead atoms. The smallest absolute Gasteiger partial charge is 0.257 e. The Labute approximate surface area is 107 Å². The molecule has 0 aliphatic carbocycles. The number of amides is 1. The number of hydrogen-bond acceptors (Lipinski definition) is 4. The van der Waals surface area contributed by atoms with Crippen molar-refractivity contribution in [1.82, 2.24) is 9.88 Å². The third kappa shape index (κ3) is 2.79. The van der Waals surface area contributed by atoms with E-state index in [0.29, 0.717) is 23.8 Å². The van der Waals surface area contributed by atoms with Gasteiger partial charge in [0, 0.05) is 38.3 Å². The van der Waals surface area contributed by atoms with Crippen molar-refractivity contribution in [3.63, 3.8) is 0 Å². The van der Waals surface area contributed by atoms with Gasteiger partial charge in [-0.15, -0.1) is 0 Å². The second-order valence-corrected chi connectivity index (χ2v) is 4.68. The predicted octanol–water partition coefficient (Wildman–Crippen LogP) is 1.16. The zero-order chi connectivity index (χ0) is 13.0. The standard InChI is InChI=1S/C13H19N3O2/c1-18-9-10-3-2-6-16(8-10)13(17)11-7-15-5-4-12(11)14/h4-5,7,10H,2-3,6,8-9H2,1H3,(H2,14,15). The van der Waals surface area contributed by atoms with Crippen LogP contribution in [0.3, 0.4) is 0 Å². The molecule has 1 unspecified atom stereocenters. The first kappa shape index (κ1) is 12.8. The number of nitrogen functional groups attached to an aromatic ring is 1. The van der Waals surface area contributed by atoms with Gasteiger partial charge >= 0.3 is 0 Å². The minimum Gasteiger partial charge on any atom is -0.398 e. The first-order valence-corrected chi connectivity index (χ1v) is 6.20. The number of rotatable bonds is 3. The molecule has 1 amide bonds. The number of ether oxygens (including phenoxy) is 1. The number of nitrogens with zero attached hydrogens (tertiary/aromatic N) is 2. The van der Waals surface area contributed by atoms with Crippen LogP contribution in [0.1, 0.15) is 23.2 Å². The molecule has 1 atom stereocenters. The highest BCUT2D eigenvalue weighted by Crippen LogP contribution is 2.20. The molecule has 1 aliphatic heterocycles. The Morgan fingerprint density at radius 2 is 2.50 bits per heavy atom. The van der Waals surface area contributed by atoms with E-state index >= 15 is 0 Å². The van der Waals surface area contributed by atoms with E-state index in [1.165, 1.54) is 6.20 Å². The molecule has 0 aromatic carbocycles. The Hall–Kier alpha value is -1.62. The van der Waals surface area contributed by atoms with Crippen molar-refractivity contribution in [3.05, 3.63) is 24.0 Å². The maximum atomic E-state index is 12.3. The number of nitrogens with two attached hydrogens (primary N) is 1. The van der Waals surface area contributed by atoms with Crippen LogP contribution >= 0.6 is 0 Å². The molecule has 1 fully saturated rings. The molecule has 5 nitrogen and oxygen atoms in total. The normalized spacial score (nSPS) is 19.8. The summed E-state index contributed by atoms with van der Waals surface area (Å²) in [6.07, 6.45) is 5.26. The molecule has 1 aromatic rings. The number of carbonyl (C=O) groups excluding carboxylic acids is 1. The van der Waals surface area contributed by atoms with E-state index in [1.807, 2.05) is 4.90 Å². The van der Waals surface area contributed by atoms with Crippen LogP contribution in [0.2, 0.25) is 0 Å². The average Bonchev–Trinajstić information content (AvgIpc) is 2.39. The summed E-state index contributed by atoms with van der Waals surface area (Å²) in [5.41, 5.74) is 6.79. The van der Waals surface area contributed by atoms with E-state index in [0.717, 1.165) is 25.9 Å². The average molecular weight is 249 g/mol. The summed E-state index contributed by atoms with van der Waals surface area (Å²) in [5.74, 6) is 0.395. The second-order valence-electron chi connectivity index (χ2n) is 4.68. The largest absolute Gasteiger partial charge is 0.398 e. The van der Waals surface area contributed by atoms with Crippen LogP contribution in [-0.2, 0) is 4.74 Å². The van der Waals surface area contributed by atoms with Gasteiger partial charge in [0.05, 0.1) is 12.2 Å². The molecule has 2 rings (SSSR count). The molecule has 1 aliphatic rings. The van der Waals surface area contributed by atoms with Crippen LogP contribution in [0.15, 0.2) is 18.5 Å². The monoisotopic (exact) mass is 249 g/mol. The third-order valence-corrected chi connectivity index (χ3v) is 3.29. The topological polar surface area (TPSA) is 68.5 Å². The summed E-state index contributed by atoms with van der Waals surface area (Å²) < 4.78 is 5.16. The lowest BCUT2D eigenvalue weighted by Crippen LogP contribution is -2.41. The Morgan fingerprint density at radius 1 is 1.67 bits per heavy atom. The Bertz CT molecular complexity index is 420. The molecule has 1 aromatic heterocycles. The van der Waals surface area contributed by atoms with Gasteiger partial charge in [-0.25, -0.2) is 0 Å². The highest BCUT2D eigenvalue weighted by molar-refractivity contribution is 5.98. The molecule has 5 heteroatoms. The number of pyridine rings is 1. The minimum atomic E-state index is -0.0265. The summed E-state index contributed by atoms with van der Waals surface area (Å²) in [6.45, 7) is 2.22. The zero-order valence-corrected chi connectivity index (χ0v) is 10.6. The fourth-order valence-corrected chi connectivity index (χ4v) is 2.38. The van der Waals surface area contributed by atoms with Crippen molar-refractivity contribution < 1.29 is 9.53 Å². The fourth-order valence-electron chi connectivity index (χ4n) is 2.38. The summed E-state index contributed by atoms with van der Waals surface area (Å²) in [5, 5.41) is 0. The molecular weight excluding hydrogens is 230 g/mol. The number of methoxy groups -OCH3 is 1. The number of hydrogen-bond donors (Lipinski definition) is 1. The predicted molar refractivity (Wildman–Crippen MR) is 69.2 cm³/mol. The van der Waals surface area contributed by atoms with Crippen molar-refractivity contribution in [2.24, 2.45) is 5.92 Å². The van der Waals surface area contributed by atoms with Crippen LogP contribution < -0.4 is 5.73 Å². The van der Waals surface area contributed by atoms with Gasteiger partial charge in [0.15, 0.2) is 0 Å². The maximum absolute atomic E-state index is 12.3. The van der Waals surface area contributed by atoms with Crippen molar-refractivity contribution in [3.8, 4) is 0 Å². The van der Waals surface area contributed by atoms with Crippen molar-refractivity contribution in [2.45, 2.75) is 12.8 Å². The summed E-state index contributed by atoms with van der Waals surface area (Å²) in [4.78, 5) is 18.1. The van der Waals surface area contributed by atoms with Crippen molar-refractivity contribution in [1.29, 1.82) is 0 Å². The van der Waals surface area contributed by atoms with Crippen LogP contribution in [0.25, 0.3) is 0 Å². The van der Waals surface area contributed by atoms with E-state index in [4.69, 9.17) is 10.5 Å². The lowest BCUT2D eigenvalue weighted by atomic mass is 9.98. The van der Waals surface area contributed by atoms with Gasteiger partial charge in [-0.05, 0) is 24.8 Å². The molecular formula is C13H19N3O2. The van der Waals surface area contributed by atoms with Crippen LogP contribution in [0.5, 0.6) is 0 Å². The highest BCUT2D eigenvalue weighted by atomic mass is 16.5. The molecule has 98 valence electrons. The summed E-state index contributed by atoms with van der Waals surface area (Å²) in [6, 6.07) is 1.66. The summed E-state index contributed by atoms with van der Waals surface area (Å²) in [7, 11) is 1.69. The van der Waals surface area contributed by atoms with Gasteiger partial charge in [0.1, 0.15) is 0 Å². The Morgan fingerprint density at radius 3 is 3.22 bits per heavy atom. The number of anilines is 1. The Balaban J connectivity index is 2.07. The summed E-state index contributed by atoms with van der Waals surface area (Å²) >= 11 is 0. The van der Waals surface area contributed by atoms with Gasteiger partial charge in [-0.2, -0.15) is 0 Å². The Kier molecular flexibility index (Phi) is 4.15. The first-order valence-electron chi connectivity index (χ1n) is 6.20. The fraction of sp³-hybridized carbons (Fsp3) is 0.538. The van der Waals surface area contributed by atoms with Crippen LogP contribution in [0, 0.1) is 5.92 Å². The quantitative estimate of drug-likeness (QED) is 0.873. The van der Waals surface area contributed by atoms with Gasteiger partial charge in [0.25, 0.3) is 5.91 Å². The number of piperidine rings is 1. The number of carbonyl (C=O) groups is 1. The molecule has 2 N–H and O–H groups in total. The first-order chi connectivity index (χ1) is 8.72. The molecule has 18 heavy (non-hydrogen) atoms. The molecule has 0 radical (unpaired) electrons. The van der Waals surface area contributed by atoms with E-state index in [9.17, 15) is 4.79 Å². The van der Waals surface area contributed by atoms with Crippen LogP contribution in [-0.4, -0.2) is 42.6 Å². The zero-order valence-electron chi connectivity index (χ0n) is 10.6. The number of aromatic nitrogens is 1. The van der Waals surface area contributed by atoms with Gasteiger partial charge < -0.3 is 15.4 Å². The van der Waals surface area contributed by atoms with Gasteiger partial charge in [-0.3, -0.25) is 9.78 Å². The lowest BCUT2D eigenvalue weighted by Gasteiger charge is -2.32. The second kappa shape index (κ2) is 5.82. The van der Waals surface area contributed by atoms with E-state index in [2.05, 4.69) is 4.98 Å². The van der Waals surface area contributed by atoms with Gasteiger partial charge in [-0.1, -0.05) is 0 Å². The molecule has 1 saturated heterocycles. The van der Waals surface area contributed by atoms with Gasteiger partial charge in [0.2, 0.25) is 0 Å². The SMILES string of the molecule is COCC1CCCN(C(=O)c2cnccc2N)C1. The molecule has 0 saturated carbocycles. The minimum absolute atomic E-state index is 0.0265.